The van der Waals surface area contributed by atoms with E-state index < -0.39 is 0 Å². The molecule has 13 nitrogen and oxygen atoms in total. The monoisotopic (exact) mass is 812 g/mol. The first kappa shape index (κ1) is 44.1. The van der Waals surface area contributed by atoms with Crippen molar-refractivity contribution in [1.29, 1.82) is 0 Å². The van der Waals surface area contributed by atoms with Crippen molar-refractivity contribution in [3.05, 3.63) is 110 Å². The van der Waals surface area contributed by atoms with Gasteiger partial charge in [0.1, 0.15) is 0 Å². The zero-order chi connectivity index (χ0) is 32.7. The van der Waals surface area contributed by atoms with Crippen LogP contribution in [0.4, 0.5) is 0 Å². The quantitative estimate of drug-likeness (QED) is 0.0457. The average molecular weight is 812 g/mol. The molecule has 45 heavy (non-hydrogen) atoms. The van der Waals surface area contributed by atoms with Gasteiger partial charge in [-0.1, -0.05) is 24.3 Å². The number of nitrogens with two attached hydrogens (primary N) is 1. The molecule has 15 heteroatoms. The van der Waals surface area contributed by atoms with E-state index in [1.54, 1.807) is 12.4 Å². The van der Waals surface area contributed by atoms with Crippen LogP contribution in [0.5, 0.6) is 0 Å². The van der Waals surface area contributed by atoms with Gasteiger partial charge in [-0.3, -0.25) is 19.7 Å². The Hall–Kier alpha value is -3.02. The van der Waals surface area contributed by atoms with E-state index in [1.807, 2.05) is 60.7 Å². The fourth-order valence-electron chi connectivity index (χ4n) is 3.54. The van der Waals surface area contributed by atoms with E-state index in [2.05, 4.69) is 49.5 Å². The molecule has 0 saturated carbocycles. The van der Waals surface area contributed by atoms with Crippen molar-refractivity contribution < 1.29 is 58.0 Å². The molecule has 1 amide bonds. The summed E-state index contributed by atoms with van der Waals surface area (Å²) in [5, 5.41) is 2.91. The molecule has 1 aromatic carbocycles. The minimum Gasteiger partial charge on any atom is 0 e. The van der Waals surface area contributed by atoms with Gasteiger partial charge < -0.3 is 14.8 Å². The number of rotatable bonds is 19. The van der Waals surface area contributed by atoms with E-state index in [4.69, 9.17) is 29.3 Å². The Kier molecular flexibility index (Phi) is 31.7. The normalized spacial score (nSPS) is 9.51. The molecule has 0 atom stereocenters. The zero-order valence-corrected chi connectivity index (χ0v) is 28.0. The molecule has 3 rings (SSSR count). The van der Waals surface area contributed by atoms with Gasteiger partial charge in [-0.25, -0.2) is 0 Å². The number of carbonyl (C=O) groups is 1. The van der Waals surface area contributed by atoms with E-state index in [0.29, 0.717) is 39.4 Å². The van der Waals surface area contributed by atoms with Crippen molar-refractivity contribution in [2.24, 2.45) is 5.90 Å². The molecule has 0 aliphatic rings. The van der Waals surface area contributed by atoms with Gasteiger partial charge in [0.25, 0.3) is 0 Å². The molecular weight excluding hydrogens is 777 g/mol. The summed E-state index contributed by atoms with van der Waals surface area (Å²) in [4.78, 5) is 28.1. The first-order valence-corrected chi connectivity index (χ1v) is 13.8. The maximum atomic E-state index is 12.0. The van der Waals surface area contributed by atoms with Gasteiger partial charge in [-0.2, -0.15) is 5.90 Å². The Morgan fingerprint density at radius 1 is 0.822 bits per heavy atom. The van der Waals surface area contributed by atoms with E-state index in [1.165, 1.54) is 0 Å². The third kappa shape index (κ3) is 23.0. The van der Waals surface area contributed by atoms with E-state index in [0.717, 1.165) is 59.9 Å². The second-order valence-corrected chi connectivity index (χ2v) is 9.09. The molecule has 2 aromatic heterocycles. The fourth-order valence-corrected chi connectivity index (χ4v) is 3.91. The van der Waals surface area contributed by atoms with Gasteiger partial charge in [0.2, 0.25) is 5.91 Å². The molecule has 0 unspecified atom stereocenters. The molecule has 0 bridgehead atoms. The van der Waals surface area contributed by atoms with Crippen LogP contribution in [0.25, 0.3) is 0 Å². The summed E-state index contributed by atoms with van der Waals surface area (Å²) < 4.78 is 38.4. The number of benzene rings is 1. The fraction of sp³-hybridized carbons (Fsp3) is 0.333. The topological polar surface area (TPSA) is 181 Å². The van der Waals surface area contributed by atoms with Crippen LogP contribution < -0.4 is 11.2 Å². The van der Waals surface area contributed by atoms with Crippen molar-refractivity contribution in [3.63, 3.8) is 0 Å². The summed E-state index contributed by atoms with van der Waals surface area (Å²) in [6.45, 7) is 18.1. The van der Waals surface area contributed by atoms with Crippen LogP contribution in [-0.4, -0.2) is 60.3 Å². The number of pyridine rings is 2. The van der Waals surface area contributed by atoms with Crippen LogP contribution in [0.2, 0.25) is 0 Å². The van der Waals surface area contributed by atoms with Crippen molar-refractivity contribution in [2.75, 3.05) is 39.5 Å². The first-order chi connectivity index (χ1) is 21.7. The molecule has 0 aliphatic heterocycles. The van der Waals surface area contributed by atoms with Crippen LogP contribution in [-0.2, 0) is 77.5 Å². The summed E-state index contributed by atoms with van der Waals surface area (Å²) in [5.41, 5.74) is 3.12. The van der Waals surface area contributed by atoms with E-state index in [-0.39, 0.29) is 26.3 Å². The Bertz CT molecular complexity index is 1120. The number of nitrogens with zero attached hydrogens (tertiary/aromatic N) is 3. The van der Waals surface area contributed by atoms with Gasteiger partial charge in [-0.05, 0) is 48.4 Å². The Balaban J connectivity index is 0. The standard InChI is InChI=1S/C27H35N5O5S.3CO.Re/c28-36-37-38-26-9-7-23(8-10-26)11-15-31-27(33)12-17-34-19-20-35-18-16-32(21-24-5-1-3-13-29-24)22-25-6-2-4-14-30-25;3*1-2;/h1-10,13-14H,11-12,15-22,28H2,(H,31,33);;;;. The zero-order valence-electron chi connectivity index (χ0n) is 24.5. The van der Waals surface area contributed by atoms with E-state index in [9.17, 15) is 4.79 Å². The SMILES string of the molecule is NOOSc1ccc(CCNC(=O)CCOCCOCCN(Cc2ccccn2)Cc2ccccn2)cc1.[C-]#[O+].[C-]#[O+].[C-]#[O+].[Re]. The average Bonchev–Trinajstić information content (AvgIpc) is 3.09. The number of amides is 1. The van der Waals surface area contributed by atoms with E-state index >= 15 is 0 Å². The summed E-state index contributed by atoms with van der Waals surface area (Å²) in [5.74, 6) is 4.79. The van der Waals surface area contributed by atoms with Crippen molar-refractivity contribution in [1.82, 2.24) is 20.2 Å². The summed E-state index contributed by atoms with van der Waals surface area (Å²) >= 11 is 1.03. The molecular formula is C30H35N5O8ReS. The molecule has 1 radical (unpaired) electrons. The Morgan fingerprint density at radius 3 is 1.89 bits per heavy atom. The predicted molar refractivity (Wildman–Crippen MR) is 156 cm³/mol. The molecule has 0 fully saturated rings. The molecule has 0 saturated heterocycles. The molecule has 241 valence electrons. The van der Waals surface area contributed by atoms with Gasteiger partial charge in [0.05, 0.1) is 49.9 Å². The summed E-state index contributed by atoms with van der Waals surface area (Å²) in [6.07, 6.45) is 4.65. The molecule has 2 heterocycles. The second-order valence-electron chi connectivity index (χ2n) is 8.32. The molecule has 3 aromatic rings. The summed E-state index contributed by atoms with van der Waals surface area (Å²) in [6, 6.07) is 19.6. The molecule has 0 spiro atoms. The maximum Gasteiger partial charge on any atom is 0 e. The molecule has 3 N–H and O–H groups in total. The number of hydrogen-bond donors (Lipinski definition) is 2. The Labute approximate surface area is 281 Å². The van der Waals surface area contributed by atoms with Gasteiger partial charge >= 0.3 is 33.9 Å². The third-order valence-electron chi connectivity index (χ3n) is 5.45. The van der Waals surface area contributed by atoms with Gasteiger partial charge in [0, 0.05) is 70.3 Å². The Morgan fingerprint density at radius 2 is 1.38 bits per heavy atom. The van der Waals surface area contributed by atoms with Crippen LogP contribution >= 0.6 is 12.0 Å². The number of aromatic nitrogens is 2. The largest absolute Gasteiger partial charge is 0 e. The third-order valence-corrected chi connectivity index (χ3v) is 6.06. The number of ether oxygens (including phenoxy) is 2. The first-order valence-electron chi connectivity index (χ1n) is 13.1. The number of hydrogen-bond acceptors (Lipinski definition) is 10. The smallest absolute Gasteiger partial charge is 0 e. The van der Waals surface area contributed by atoms with Crippen LogP contribution in [0.1, 0.15) is 23.4 Å². The van der Waals surface area contributed by atoms with Crippen LogP contribution in [0.15, 0.2) is 78.0 Å². The van der Waals surface area contributed by atoms with Crippen molar-refractivity contribution in [3.8, 4) is 0 Å². The van der Waals surface area contributed by atoms with Crippen molar-refractivity contribution >= 4 is 17.9 Å². The minimum absolute atomic E-state index is 0. The second kappa shape index (κ2) is 32.4. The number of carbonyl (C=O) groups excluding carboxylic acids is 1. The maximum absolute atomic E-state index is 12.0. The van der Waals surface area contributed by atoms with Crippen LogP contribution in [0.3, 0.4) is 0 Å². The van der Waals surface area contributed by atoms with Gasteiger partial charge in [-0.15, -0.1) is 9.32 Å². The van der Waals surface area contributed by atoms with Crippen molar-refractivity contribution in [2.45, 2.75) is 30.8 Å². The van der Waals surface area contributed by atoms with Gasteiger partial charge in [0.15, 0.2) is 0 Å². The summed E-state index contributed by atoms with van der Waals surface area (Å²) in [7, 11) is 0. The minimum atomic E-state index is -0.0359. The molecule has 0 aliphatic carbocycles. The van der Waals surface area contributed by atoms with Crippen LogP contribution in [0, 0.1) is 20.0 Å². The number of nitrogens with one attached hydrogen (secondary N) is 1. The predicted octanol–water partition coefficient (Wildman–Crippen LogP) is 2.97.